The molecule has 1 saturated heterocycles. The molecule has 2 atom stereocenters. The van der Waals surface area contributed by atoms with Gasteiger partial charge in [-0.3, -0.25) is 28.9 Å². The maximum absolute atomic E-state index is 14.2. The molecule has 3 heterocycles. The van der Waals surface area contributed by atoms with E-state index in [-0.39, 0.29) is 60.1 Å². The number of alkyl carbamates (subject to hydrolysis) is 1. The van der Waals surface area contributed by atoms with Crippen LogP contribution in [-0.2, 0) is 41.5 Å². The maximum Gasteiger partial charge on any atom is 0.407 e. The summed E-state index contributed by atoms with van der Waals surface area (Å²) in [6, 6.07) is 31.9. The summed E-state index contributed by atoms with van der Waals surface area (Å²) < 4.78 is 11.7. The third-order valence-electron chi connectivity index (χ3n) is 17.1. The van der Waals surface area contributed by atoms with Crippen LogP contribution in [0.5, 0.6) is 0 Å². The van der Waals surface area contributed by atoms with Gasteiger partial charge in [0.1, 0.15) is 17.7 Å². The van der Waals surface area contributed by atoms with Crippen molar-refractivity contribution in [1.29, 1.82) is 0 Å². The summed E-state index contributed by atoms with van der Waals surface area (Å²) in [5.74, 6) is -0.486. The molecule has 0 radical (unpaired) electrons. The van der Waals surface area contributed by atoms with Crippen LogP contribution in [0.3, 0.4) is 0 Å². The van der Waals surface area contributed by atoms with E-state index in [9.17, 15) is 33.6 Å². The summed E-state index contributed by atoms with van der Waals surface area (Å²) in [6.45, 7) is 12.5. The van der Waals surface area contributed by atoms with Crippen molar-refractivity contribution in [3.05, 3.63) is 141 Å². The standard InChI is InChI=1S/C37H42N8O6.C30H38BrN7O4/c1-23-5-6-25(19-31(23)28-3-2-4-29(21-28)36(48)45-15-17-51-18-16-45)20-32(40-34(46)27-9-7-24(8-10-27)22-38-37(49)50)35(47)39-30-13-11-26(12-14-30)33-41-43-44-42-33;1-18-5-6-20(15-24(18)31)16-25(26(32)39)38(23-13-11-21(12-14-23)27-34-36-37-35-27)28(40)22-9-7-19(8-10-22)17-33-29(41)42-30(2,3)4/h2-6,11-14,19,21,24,27,32,38H,7-10,15-18,20,22H2,1H3,(H,39,47)(H,40,46)(H,49,50)(H,41,42,43,44);5-6,11-15,19,22,25H,7-10,16-17H2,1-4H3,(H2,32,39)(H,33,41)(H,34,35,36,37)/t24-,27-,32-;19-,22-,25-/m00/s1. The number of hydrogen-bond acceptors (Lipinski definition) is 15. The number of anilines is 2. The molecule has 93 heavy (non-hydrogen) atoms. The molecular formula is C67H80BrN15O10. The summed E-state index contributed by atoms with van der Waals surface area (Å²) in [5.41, 5.74) is 14.2. The molecule has 3 fully saturated rings. The lowest BCUT2D eigenvalue weighted by Crippen LogP contribution is -2.52. The minimum absolute atomic E-state index is 0.0360. The van der Waals surface area contributed by atoms with Gasteiger partial charge in [0.25, 0.3) is 5.91 Å². The highest BCUT2D eigenvalue weighted by Gasteiger charge is 2.37. The zero-order valence-corrected chi connectivity index (χ0v) is 54.4. The Morgan fingerprint density at radius 3 is 1.86 bits per heavy atom. The Morgan fingerprint density at radius 2 is 1.29 bits per heavy atom. The number of nitrogens with one attached hydrogen (secondary N) is 6. The van der Waals surface area contributed by atoms with Gasteiger partial charge in [-0.25, -0.2) is 19.8 Å². The molecule has 9 N–H and O–H groups in total. The van der Waals surface area contributed by atoms with Gasteiger partial charge in [0.05, 0.1) is 13.2 Å². The molecule has 26 heteroatoms. The number of carboxylic acid groups (broad SMARTS) is 1. The number of morpholine rings is 1. The number of ether oxygens (including phenoxy) is 2. The SMILES string of the molecule is Cc1ccc(C[C@@H](C(N)=O)N(c2ccc(-c3nnn[nH]3)cc2)C(=O)[C@H]2CC[C@H](CNC(=O)OC(C)(C)C)CC2)cc1Br.Cc1ccc(C[C@H](NC(=O)[C@H]2CC[C@H](CNC(=O)O)CC2)C(=O)Nc2ccc(-c3nnn[nH]3)cc2)cc1-c1cccc(C(=O)N2CCOCC2)c1. The molecular weight excluding hydrogens is 1250 g/mol. The Balaban J connectivity index is 0.000000224. The molecule has 10 rings (SSSR count). The van der Waals surface area contributed by atoms with Crippen LogP contribution in [-0.4, -0.2) is 150 Å². The number of hydrogen-bond donors (Lipinski definition) is 8. The minimum Gasteiger partial charge on any atom is -0.465 e. The Kier molecular flexibility index (Phi) is 23.2. The number of rotatable bonds is 20. The number of aromatic nitrogens is 8. The minimum atomic E-state index is -1.05. The lowest BCUT2D eigenvalue weighted by molar-refractivity contribution is -0.130. The summed E-state index contributed by atoms with van der Waals surface area (Å²) in [6.07, 6.45) is 4.47. The molecule has 3 aliphatic rings. The summed E-state index contributed by atoms with van der Waals surface area (Å²) in [4.78, 5) is 94.2. The van der Waals surface area contributed by atoms with Crippen molar-refractivity contribution in [1.82, 2.24) is 62.1 Å². The van der Waals surface area contributed by atoms with E-state index in [0.717, 1.165) is 74.7 Å². The first-order chi connectivity index (χ1) is 44.6. The van der Waals surface area contributed by atoms with Crippen LogP contribution in [0.25, 0.3) is 33.9 Å². The van der Waals surface area contributed by atoms with Crippen molar-refractivity contribution in [3.8, 4) is 33.9 Å². The van der Waals surface area contributed by atoms with Gasteiger partial charge >= 0.3 is 12.2 Å². The van der Waals surface area contributed by atoms with E-state index < -0.39 is 35.8 Å². The fraction of sp³-hybridized carbons (Fsp3) is 0.418. The highest BCUT2D eigenvalue weighted by atomic mass is 79.9. The molecule has 0 spiro atoms. The number of carbonyl (C=O) groups excluding carboxylic acids is 6. The third-order valence-corrected chi connectivity index (χ3v) is 17.9. The van der Waals surface area contributed by atoms with Crippen LogP contribution in [0.15, 0.2) is 114 Å². The van der Waals surface area contributed by atoms with E-state index >= 15 is 0 Å². The Labute approximate surface area is 547 Å². The second-order valence-electron chi connectivity index (χ2n) is 24.9. The number of amides is 7. The molecule has 1 aliphatic heterocycles. The van der Waals surface area contributed by atoms with Crippen molar-refractivity contribution in [2.75, 3.05) is 49.6 Å². The molecule has 2 aliphatic carbocycles. The fourth-order valence-corrected chi connectivity index (χ4v) is 12.3. The number of carbonyl (C=O) groups is 7. The van der Waals surface area contributed by atoms with Gasteiger partial charge in [-0.05, 0) is 219 Å². The van der Waals surface area contributed by atoms with Gasteiger partial charge in [-0.15, -0.1) is 10.2 Å². The predicted molar refractivity (Wildman–Crippen MR) is 351 cm³/mol. The lowest BCUT2D eigenvalue weighted by atomic mass is 9.81. The van der Waals surface area contributed by atoms with E-state index in [1.54, 1.807) is 58.3 Å². The number of halogens is 1. The molecule has 7 aromatic rings. The molecule has 2 saturated carbocycles. The van der Waals surface area contributed by atoms with Crippen molar-refractivity contribution in [2.45, 2.75) is 117 Å². The summed E-state index contributed by atoms with van der Waals surface area (Å²) >= 11 is 3.56. The average molecular weight is 1340 g/mol. The quantitative estimate of drug-likeness (QED) is 0.0353. The highest BCUT2D eigenvalue weighted by molar-refractivity contribution is 9.10. The Morgan fingerprint density at radius 1 is 0.710 bits per heavy atom. The first-order valence-electron chi connectivity index (χ1n) is 31.3. The van der Waals surface area contributed by atoms with Crippen LogP contribution < -0.4 is 31.9 Å². The third kappa shape index (κ3) is 19.1. The smallest absolute Gasteiger partial charge is 0.407 e. The molecule has 7 amide bonds. The number of benzene rings is 5. The van der Waals surface area contributed by atoms with Crippen LogP contribution in [0.4, 0.5) is 21.0 Å². The number of primary amides is 1. The summed E-state index contributed by atoms with van der Waals surface area (Å²) in [7, 11) is 0. The number of nitrogens with zero attached hydrogens (tertiary/aromatic N) is 8. The maximum atomic E-state index is 14.2. The zero-order valence-electron chi connectivity index (χ0n) is 52.8. The van der Waals surface area contributed by atoms with Gasteiger partial charge in [0, 0.05) is 83.4 Å². The fourth-order valence-electron chi connectivity index (χ4n) is 11.9. The van der Waals surface area contributed by atoms with Gasteiger partial charge in [0.15, 0.2) is 11.6 Å². The summed E-state index contributed by atoms with van der Waals surface area (Å²) in [5, 5.41) is 48.0. The first-order valence-corrected chi connectivity index (χ1v) is 32.1. The zero-order chi connectivity index (χ0) is 66.2. The van der Waals surface area contributed by atoms with Gasteiger partial charge in [-0.1, -0.05) is 58.4 Å². The average Bonchev–Trinajstić information content (AvgIpc) is 1.54. The second-order valence-corrected chi connectivity index (χ2v) is 25.8. The van der Waals surface area contributed by atoms with Gasteiger partial charge in [-0.2, -0.15) is 0 Å². The van der Waals surface area contributed by atoms with E-state index in [4.69, 9.17) is 20.3 Å². The van der Waals surface area contributed by atoms with Crippen LogP contribution in [0.1, 0.15) is 105 Å². The monoisotopic (exact) mass is 1330 g/mol. The molecule has 2 aromatic heterocycles. The van der Waals surface area contributed by atoms with Crippen molar-refractivity contribution >= 4 is 69.0 Å². The van der Waals surface area contributed by atoms with Crippen molar-refractivity contribution < 1.29 is 48.1 Å². The largest absolute Gasteiger partial charge is 0.465 e. The number of aryl methyl sites for hydroxylation is 2. The molecule has 490 valence electrons. The topological polar surface area (TPSA) is 348 Å². The lowest BCUT2D eigenvalue weighted by Gasteiger charge is -2.36. The highest BCUT2D eigenvalue weighted by Crippen LogP contribution is 2.35. The van der Waals surface area contributed by atoms with E-state index in [0.29, 0.717) is 93.7 Å². The first kappa shape index (κ1) is 67.9. The molecule has 0 bridgehead atoms. The number of H-pyrrole nitrogens is 2. The van der Waals surface area contributed by atoms with Gasteiger partial charge < -0.3 is 46.5 Å². The Bertz CT molecular complexity index is 3690. The molecule has 25 nitrogen and oxygen atoms in total. The van der Waals surface area contributed by atoms with Crippen molar-refractivity contribution in [3.63, 3.8) is 0 Å². The van der Waals surface area contributed by atoms with Crippen LogP contribution >= 0.6 is 15.9 Å². The number of nitrogens with two attached hydrogens (primary N) is 1. The van der Waals surface area contributed by atoms with E-state index in [2.05, 4.69) is 78.4 Å². The number of aromatic amines is 2. The van der Waals surface area contributed by atoms with Crippen LogP contribution in [0.2, 0.25) is 0 Å². The van der Waals surface area contributed by atoms with Gasteiger partial charge in [0.2, 0.25) is 23.6 Å². The number of tetrazole rings is 2. The normalized spacial score (nSPS) is 17.9. The van der Waals surface area contributed by atoms with E-state index in [1.807, 2.05) is 95.3 Å². The van der Waals surface area contributed by atoms with Crippen molar-refractivity contribution in [2.24, 2.45) is 29.4 Å². The second kappa shape index (κ2) is 31.7. The molecule has 5 aromatic carbocycles. The van der Waals surface area contributed by atoms with E-state index in [1.165, 1.54) is 0 Å². The van der Waals surface area contributed by atoms with Crippen LogP contribution in [0, 0.1) is 37.5 Å². The Hall–Kier alpha value is -9.43. The predicted octanol–water partition coefficient (Wildman–Crippen LogP) is 8.75. The molecule has 0 unspecified atom stereocenters.